The maximum absolute atomic E-state index is 9.79. The number of rotatable bonds is 4. The van der Waals surface area contributed by atoms with Gasteiger partial charge in [-0.2, -0.15) is 0 Å². The lowest BCUT2D eigenvalue weighted by Gasteiger charge is -2.17. The van der Waals surface area contributed by atoms with Gasteiger partial charge in [0.15, 0.2) is 0 Å². The van der Waals surface area contributed by atoms with Gasteiger partial charge in [0.1, 0.15) is 6.10 Å². The summed E-state index contributed by atoms with van der Waals surface area (Å²) in [5.74, 6) is 0.326. The fourth-order valence-electron chi connectivity index (χ4n) is 1.37. The fraction of sp³-hybridized carbons (Fsp3) is 0.455. The highest BCUT2D eigenvalue weighted by Crippen LogP contribution is 2.22. The van der Waals surface area contributed by atoms with Gasteiger partial charge in [-0.25, -0.2) is 0 Å². The molecule has 1 aromatic rings. The third-order valence-electron chi connectivity index (χ3n) is 2.40. The van der Waals surface area contributed by atoms with Crippen molar-refractivity contribution in [1.82, 2.24) is 0 Å². The number of hydrogen-bond donors (Lipinski definition) is 3. The third-order valence-corrected chi connectivity index (χ3v) is 2.62. The fourth-order valence-corrected chi connectivity index (χ4v) is 1.60. The van der Waals surface area contributed by atoms with Gasteiger partial charge in [-0.15, -0.1) is 11.6 Å². The lowest BCUT2D eigenvalue weighted by molar-refractivity contribution is 0.0170. The molecule has 4 heteroatoms. The molecular weight excluding hydrogens is 214 g/mol. The molecule has 0 aliphatic rings. The van der Waals surface area contributed by atoms with Crippen LogP contribution in [0.1, 0.15) is 23.7 Å². The van der Waals surface area contributed by atoms with E-state index in [0.29, 0.717) is 23.6 Å². The lowest BCUT2D eigenvalue weighted by Crippen LogP contribution is -2.18. The largest absolute Gasteiger partial charge is 0.399 e. The second kappa shape index (κ2) is 5.35. The van der Waals surface area contributed by atoms with Crippen molar-refractivity contribution in [1.29, 1.82) is 0 Å². The number of benzene rings is 1. The van der Waals surface area contributed by atoms with Crippen molar-refractivity contribution in [3.05, 3.63) is 29.3 Å². The van der Waals surface area contributed by atoms with E-state index in [2.05, 4.69) is 0 Å². The van der Waals surface area contributed by atoms with Crippen LogP contribution in [0.15, 0.2) is 18.2 Å². The molecule has 1 rings (SSSR count). The minimum atomic E-state index is -0.900. The molecule has 0 saturated carbocycles. The smallest absolute Gasteiger partial charge is 0.105 e. The first-order chi connectivity index (χ1) is 7.06. The van der Waals surface area contributed by atoms with E-state index in [-0.39, 0.29) is 0 Å². The van der Waals surface area contributed by atoms with Crippen molar-refractivity contribution in [2.45, 2.75) is 25.6 Å². The van der Waals surface area contributed by atoms with Crippen LogP contribution in [-0.2, 0) is 0 Å². The Labute approximate surface area is 94.5 Å². The van der Waals surface area contributed by atoms with E-state index in [4.69, 9.17) is 17.3 Å². The van der Waals surface area contributed by atoms with Crippen molar-refractivity contribution in [2.75, 3.05) is 11.6 Å². The highest BCUT2D eigenvalue weighted by atomic mass is 35.5. The average molecular weight is 230 g/mol. The molecule has 0 saturated heterocycles. The molecule has 0 fully saturated rings. The molecule has 0 radical (unpaired) electrons. The van der Waals surface area contributed by atoms with E-state index in [0.717, 1.165) is 5.56 Å². The number of nitrogens with two attached hydrogens (primary N) is 1. The van der Waals surface area contributed by atoms with Crippen molar-refractivity contribution in [3.8, 4) is 0 Å². The van der Waals surface area contributed by atoms with E-state index in [1.165, 1.54) is 0 Å². The second-order valence-corrected chi connectivity index (χ2v) is 3.98. The minimum Gasteiger partial charge on any atom is -0.399 e. The number of alkyl halides is 1. The molecule has 0 aliphatic heterocycles. The highest BCUT2D eigenvalue weighted by Gasteiger charge is 2.17. The van der Waals surface area contributed by atoms with Crippen LogP contribution in [0.2, 0.25) is 0 Å². The van der Waals surface area contributed by atoms with Crippen LogP contribution >= 0.6 is 11.6 Å². The van der Waals surface area contributed by atoms with Gasteiger partial charge in [-0.05, 0) is 30.5 Å². The van der Waals surface area contributed by atoms with Crippen LogP contribution in [0.25, 0.3) is 0 Å². The summed E-state index contributed by atoms with van der Waals surface area (Å²) in [6.45, 7) is 1.86. The topological polar surface area (TPSA) is 66.5 Å². The highest BCUT2D eigenvalue weighted by molar-refractivity contribution is 6.17. The van der Waals surface area contributed by atoms with Crippen LogP contribution < -0.4 is 5.73 Å². The summed E-state index contributed by atoms with van der Waals surface area (Å²) < 4.78 is 0. The van der Waals surface area contributed by atoms with E-state index >= 15 is 0 Å². The van der Waals surface area contributed by atoms with E-state index < -0.39 is 12.2 Å². The molecule has 0 heterocycles. The van der Waals surface area contributed by atoms with E-state index in [1.54, 1.807) is 18.2 Å². The molecule has 84 valence electrons. The quantitative estimate of drug-likeness (QED) is 0.543. The zero-order chi connectivity index (χ0) is 11.4. The maximum atomic E-state index is 9.79. The minimum absolute atomic E-state index is 0.326. The number of halogens is 1. The van der Waals surface area contributed by atoms with Gasteiger partial charge in [0.25, 0.3) is 0 Å². The second-order valence-electron chi connectivity index (χ2n) is 3.61. The Morgan fingerprint density at radius 1 is 1.40 bits per heavy atom. The Morgan fingerprint density at radius 3 is 2.60 bits per heavy atom. The van der Waals surface area contributed by atoms with Crippen LogP contribution in [0.4, 0.5) is 5.69 Å². The van der Waals surface area contributed by atoms with E-state index in [1.807, 2.05) is 6.92 Å². The number of aryl methyl sites for hydroxylation is 1. The first kappa shape index (κ1) is 12.3. The average Bonchev–Trinajstić information content (AvgIpc) is 2.21. The Hall–Kier alpha value is -0.770. The molecule has 2 atom stereocenters. The molecule has 0 amide bonds. The summed E-state index contributed by atoms with van der Waals surface area (Å²) in [6.07, 6.45) is -1.36. The molecular formula is C11H16ClNO2. The summed E-state index contributed by atoms with van der Waals surface area (Å²) in [7, 11) is 0. The normalized spacial score (nSPS) is 14.9. The summed E-state index contributed by atoms with van der Waals surface area (Å²) in [6, 6.07) is 5.21. The summed E-state index contributed by atoms with van der Waals surface area (Å²) in [4.78, 5) is 0. The van der Waals surface area contributed by atoms with Crippen molar-refractivity contribution in [3.63, 3.8) is 0 Å². The number of anilines is 1. The molecule has 0 aliphatic carbocycles. The predicted molar refractivity (Wildman–Crippen MR) is 61.9 cm³/mol. The lowest BCUT2D eigenvalue weighted by atomic mass is 10.0. The molecule has 15 heavy (non-hydrogen) atoms. The summed E-state index contributed by atoms with van der Waals surface area (Å²) in [5, 5.41) is 19.4. The zero-order valence-electron chi connectivity index (χ0n) is 8.65. The van der Waals surface area contributed by atoms with Gasteiger partial charge in [0.05, 0.1) is 6.10 Å². The van der Waals surface area contributed by atoms with Crippen LogP contribution in [-0.4, -0.2) is 22.2 Å². The number of aliphatic hydroxyl groups is 2. The van der Waals surface area contributed by atoms with Crippen molar-refractivity contribution in [2.24, 2.45) is 0 Å². The molecule has 2 unspecified atom stereocenters. The summed E-state index contributed by atoms with van der Waals surface area (Å²) in [5.41, 5.74) is 7.90. The molecule has 0 bridgehead atoms. The summed E-state index contributed by atoms with van der Waals surface area (Å²) >= 11 is 5.49. The number of aliphatic hydroxyl groups excluding tert-OH is 2. The number of nitrogen functional groups attached to an aromatic ring is 1. The molecule has 1 aromatic carbocycles. The Kier molecular flexibility index (Phi) is 4.39. The molecule has 3 nitrogen and oxygen atoms in total. The predicted octanol–water partition coefficient (Wildman–Crippen LogP) is 1.60. The first-order valence-electron chi connectivity index (χ1n) is 4.84. The van der Waals surface area contributed by atoms with E-state index in [9.17, 15) is 10.2 Å². The molecule has 4 N–H and O–H groups in total. The Morgan fingerprint density at radius 2 is 2.07 bits per heavy atom. The van der Waals surface area contributed by atoms with Crippen molar-refractivity contribution >= 4 is 17.3 Å². The van der Waals surface area contributed by atoms with Gasteiger partial charge in [0, 0.05) is 11.6 Å². The Bertz CT molecular complexity index is 330. The SMILES string of the molecule is Cc1cc(C(O)C(O)CCCl)ccc1N. The van der Waals surface area contributed by atoms with Crippen LogP contribution in [0.5, 0.6) is 0 Å². The third kappa shape index (κ3) is 3.09. The molecule has 0 spiro atoms. The van der Waals surface area contributed by atoms with Gasteiger partial charge >= 0.3 is 0 Å². The van der Waals surface area contributed by atoms with Gasteiger partial charge < -0.3 is 15.9 Å². The van der Waals surface area contributed by atoms with Gasteiger partial charge in [0.2, 0.25) is 0 Å². The number of hydrogen-bond acceptors (Lipinski definition) is 3. The molecule has 0 aromatic heterocycles. The zero-order valence-corrected chi connectivity index (χ0v) is 9.41. The Balaban J connectivity index is 2.81. The van der Waals surface area contributed by atoms with Crippen molar-refractivity contribution < 1.29 is 10.2 Å². The van der Waals surface area contributed by atoms with Crippen LogP contribution in [0, 0.1) is 6.92 Å². The first-order valence-corrected chi connectivity index (χ1v) is 5.38. The standard InChI is InChI=1S/C11H16ClNO2/c1-7-6-8(2-3-9(7)13)11(15)10(14)4-5-12/h2-3,6,10-11,14-15H,4-5,13H2,1H3. The monoisotopic (exact) mass is 229 g/mol. The van der Waals surface area contributed by atoms with Gasteiger partial charge in [-0.1, -0.05) is 12.1 Å². The maximum Gasteiger partial charge on any atom is 0.105 e. The van der Waals surface area contributed by atoms with Crippen LogP contribution in [0.3, 0.4) is 0 Å². The van der Waals surface area contributed by atoms with Gasteiger partial charge in [-0.3, -0.25) is 0 Å².